The van der Waals surface area contributed by atoms with Gasteiger partial charge in [-0.2, -0.15) is 0 Å². The topological polar surface area (TPSA) is 29.5 Å². The summed E-state index contributed by atoms with van der Waals surface area (Å²) in [6, 6.07) is 10.6. The number of hydrogen-bond donors (Lipinski definition) is 0. The number of likely N-dealkylation sites (tertiary alicyclic amines) is 1. The van der Waals surface area contributed by atoms with E-state index in [1.807, 2.05) is 12.1 Å². The van der Waals surface area contributed by atoms with E-state index >= 15 is 0 Å². The van der Waals surface area contributed by atoms with Crippen molar-refractivity contribution < 1.29 is 9.53 Å². The van der Waals surface area contributed by atoms with Gasteiger partial charge in [-0.3, -0.25) is 0 Å². The fourth-order valence-electron chi connectivity index (χ4n) is 4.50. The van der Waals surface area contributed by atoms with Crippen LogP contribution >= 0.6 is 35.0 Å². The van der Waals surface area contributed by atoms with Gasteiger partial charge in [0.15, 0.2) is 0 Å². The molecule has 2 aromatic rings. The summed E-state index contributed by atoms with van der Waals surface area (Å²) in [5.74, 6) is 1.75. The summed E-state index contributed by atoms with van der Waals surface area (Å²) < 4.78 is 6.14. The molecule has 0 atom stereocenters. The van der Waals surface area contributed by atoms with Crippen molar-refractivity contribution >= 4 is 41.2 Å². The lowest BCUT2D eigenvalue weighted by Crippen LogP contribution is -2.43. The molecule has 4 rings (SSSR count). The van der Waals surface area contributed by atoms with Gasteiger partial charge in [0.1, 0.15) is 12.0 Å². The second-order valence-corrected chi connectivity index (χ2v) is 10.00. The summed E-state index contributed by atoms with van der Waals surface area (Å²) in [5.41, 5.74) is 3.60. The zero-order valence-corrected chi connectivity index (χ0v) is 19.6. The van der Waals surface area contributed by atoms with Crippen LogP contribution in [0.2, 0.25) is 10.0 Å². The Kier molecular flexibility index (Phi) is 6.98. The molecule has 1 spiro atoms. The number of fused-ring (bicyclic) bond motifs is 2. The number of carbonyl (C=O) groups is 1. The van der Waals surface area contributed by atoms with Crippen molar-refractivity contribution in [3.05, 3.63) is 57.1 Å². The average molecular weight is 464 g/mol. The fourth-order valence-corrected chi connectivity index (χ4v) is 6.27. The Morgan fingerprint density at radius 1 is 1.20 bits per heavy atom. The highest BCUT2D eigenvalue weighted by Gasteiger charge is 2.42. The quantitative estimate of drug-likeness (QED) is 0.363. The Labute approximate surface area is 193 Å². The lowest BCUT2D eigenvalue weighted by Gasteiger charge is -2.38. The lowest BCUT2D eigenvalue weighted by molar-refractivity contribution is -0.108. The van der Waals surface area contributed by atoms with Gasteiger partial charge in [0.25, 0.3) is 0 Å². The summed E-state index contributed by atoms with van der Waals surface area (Å²) in [5, 5.41) is 1.51. The van der Waals surface area contributed by atoms with Gasteiger partial charge in [-0.25, -0.2) is 0 Å². The van der Waals surface area contributed by atoms with Crippen LogP contribution in [0.1, 0.15) is 42.9 Å². The maximum atomic E-state index is 10.6. The van der Waals surface area contributed by atoms with Gasteiger partial charge in [-0.15, -0.1) is 11.8 Å². The predicted molar refractivity (Wildman–Crippen MR) is 125 cm³/mol. The van der Waals surface area contributed by atoms with Crippen molar-refractivity contribution in [1.82, 2.24) is 4.90 Å². The Balaban J connectivity index is 1.44. The first-order valence-electron chi connectivity index (χ1n) is 10.6. The molecule has 0 aromatic heterocycles. The van der Waals surface area contributed by atoms with Crippen molar-refractivity contribution in [2.45, 2.75) is 48.7 Å². The van der Waals surface area contributed by atoms with Gasteiger partial charge in [-0.05, 0) is 61.7 Å². The second kappa shape index (κ2) is 9.52. The minimum absolute atomic E-state index is 0.123. The van der Waals surface area contributed by atoms with Crippen LogP contribution in [-0.4, -0.2) is 37.4 Å². The van der Waals surface area contributed by atoms with E-state index < -0.39 is 0 Å². The van der Waals surface area contributed by atoms with Crippen LogP contribution in [0.3, 0.4) is 0 Å². The largest absolute Gasteiger partial charge is 0.492 e. The Morgan fingerprint density at radius 3 is 2.73 bits per heavy atom. The lowest BCUT2D eigenvalue weighted by atomic mass is 9.74. The van der Waals surface area contributed by atoms with Gasteiger partial charge >= 0.3 is 0 Å². The first kappa shape index (κ1) is 22.0. The number of aldehydes is 1. The summed E-state index contributed by atoms with van der Waals surface area (Å²) >= 11 is 14.7. The van der Waals surface area contributed by atoms with E-state index in [4.69, 9.17) is 27.9 Å². The molecule has 3 nitrogen and oxygen atoms in total. The fraction of sp³-hybridized carbons (Fsp3) is 0.458. The van der Waals surface area contributed by atoms with Crippen molar-refractivity contribution in [3.63, 3.8) is 0 Å². The molecule has 0 amide bonds. The molecule has 30 heavy (non-hydrogen) atoms. The van der Waals surface area contributed by atoms with Crippen LogP contribution < -0.4 is 4.74 Å². The molecule has 0 unspecified atom stereocenters. The molecule has 1 fully saturated rings. The minimum atomic E-state index is 0.123. The molecule has 2 aliphatic heterocycles. The number of ether oxygens (including phenoxy) is 1. The minimum Gasteiger partial charge on any atom is -0.492 e. The van der Waals surface area contributed by atoms with E-state index in [0.717, 1.165) is 84.5 Å². The van der Waals surface area contributed by atoms with Crippen LogP contribution in [0.25, 0.3) is 0 Å². The van der Waals surface area contributed by atoms with Crippen LogP contribution in [-0.2, 0) is 22.4 Å². The van der Waals surface area contributed by atoms with Gasteiger partial charge in [0.05, 0.1) is 6.61 Å². The molecule has 160 valence electrons. The zero-order valence-electron chi connectivity index (χ0n) is 17.3. The number of carbonyl (C=O) groups excluding carboxylic acids is 1. The van der Waals surface area contributed by atoms with Crippen LogP contribution in [0.5, 0.6) is 5.75 Å². The van der Waals surface area contributed by atoms with Crippen molar-refractivity contribution in [2.24, 2.45) is 0 Å². The maximum absolute atomic E-state index is 10.6. The molecule has 2 aromatic carbocycles. The molecule has 2 heterocycles. The first-order chi connectivity index (χ1) is 14.6. The van der Waals surface area contributed by atoms with Gasteiger partial charge < -0.3 is 14.4 Å². The summed E-state index contributed by atoms with van der Waals surface area (Å²) in [6.07, 6.45) is 4.70. The number of thioether (sulfide) groups is 1. The smallest absolute Gasteiger partial charge is 0.124 e. The molecule has 0 N–H and O–H groups in total. The Hall–Kier alpha value is -1.20. The molecule has 6 heteroatoms. The van der Waals surface area contributed by atoms with Crippen LogP contribution in [0, 0.1) is 0 Å². The highest BCUT2D eigenvalue weighted by atomic mass is 35.5. The standard InChI is InChI=1S/C24H27Cl2NO2S/c1-2-17-4-7-21(25)19(23(17)26)15-30-18-5-6-20-22(14-18)29-16-24(20)8-11-27(12-9-24)10-3-13-28/h4-7,13-14H,2-3,8-12,15-16H2,1H3. The number of piperidine rings is 1. The van der Waals surface area contributed by atoms with Crippen LogP contribution in [0.15, 0.2) is 35.2 Å². The van der Waals surface area contributed by atoms with Gasteiger partial charge in [0.2, 0.25) is 0 Å². The molecule has 2 aliphatic rings. The number of rotatable bonds is 7. The predicted octanol–water partition coefficient (Wildman–Crippen LogP) is 6.16. The molecule has 0 aliphatic carbocycles. The molecule has 0 saturated carbocycles. The monoisotopic (exact) mass is 463 g/mol. The SMILES string of the molecule is CCc1ccc(Cl)c(CSc2ccc3c(c2)OCC32CCN(CCC=O)CC2)c1Cl. The highest BCUT2D eigenvalue weighted by molar-refractivity contribution is 7.98. The first-order valence-corrected chi connectivity index (χ1v) is 12.3. The molecule has 0 bridgehead atoms. The van der Waals surface area contributed by atoms with E-state index in [0.29, 0.717) is 6.42 Å². The summed E-state index contributed by atoms with van der Waals surface area (Å²) in [6.45, 7) is 5.78. The van der Waals surface area contributed by atoms with Crippen molar-refractivity contribution in [3.8, 4) is 5.75 Å². The molecule has 1 saturated heterocycles. The summed E-state index contributed by atoms with van der Waals surface area (Å²) in [4.78, 5) is 14.2. The normalized spacial score (nSPS) is 17.7. The Morgan fingerprint density at radius 2 is 2.00 bits per heavy atom. The van der Waals surface area contributed by atoms with Crippen molar-refractivity contribution in [1.29, 1.82) is 0 Å². The van der Waals surface area contributed by atoms with E-state index in [-0.39, 0.29) is 5.41 Å². The number of halogens is 2. The highest BCUT2D eigenvalue weighted by Crippen LogP contribution is 2.47. The van der Waals surface area contributed by atoms with E-state index in [9.17, 15) is 4.79 Å². The van der Waals surface area contributed by atoms with E-state index in [2.05, 4.69) is 30.0 Å². The van der Waals surface area contributed by atoms with E-state index in [1.54, 1.807) is 11.8 Å². The molecular formula is C24H27Cl2NO2S. The third kappa shape index (κ3) is 4.38. The van der Waals surface area contributed by atoms with Crippen molar-refractivity contribution in [2.75, 3.05) is 26.2 Å². The van der Waals surface area contributed by atoms with Crippen LogP contribution in [0.4, 0.5) is 0 Å². The third-order valence-corrected chi connectivity index (χ3v) is 8.28. The van der Waals surface area contributed by atoms with Gasteiger partial charge in [0, 0.05) is 44.6 Å². The second-order valence-electron chi connectivity index (χ2n) is 8.17. The zero-order chi connectivity index (χ0) is 21.1. The number of aryl methyl sites for hydroxylation is 1. The number of hydrogen-bond acceptors (Lipinski definition) is 4. The number of benzene rings is 2. The maximum Gasteiger partial charge on any atom is 0.124 e. The van der Waals surface area contributed by atoms with E-state index in [1.165, 1.54) is 10.5 Å². The molecule has 0 radical (unpaired) electrons. The third-order valence-electron chi connectivity index (χ3n) is 6.43. The van der Waals surface area contributed by atoms with Gasteiger partial charge in [-0.1, -0.05) is 42.3 Å². The molecular weight excluding hydrogens is 437 g/mol. The summed E-state index contributed by atoms with van der Waals surface area (Å²) in [7, 11) is 0. The number of nitrogens with zero attached hydrogens (tertiary/aromatic N) is 1. The average Bonchev–Trinajstić information content (AvgIpc) is 3.11. The Bertz CT molecular complexity index is 926.